The zero-order chi connectivity index (χ0) is 20.5. The molecule has 0 fully saturated rings. The molecule has 0 radical (unpaired) electrons. The molecule has 0 unspecified atom stereocenters. The van der Waals surface area contributed by atoms with Gasteiger partial charge in [0.1, 0.15) is 6.10 Å². The third-order valence-electron chi connectivity index (χ3n) is 3.63. The maximum atomic E-state index is 12.1. The van der Waals surface area contributed by atoms with E-state index in [1.54, 1.807) is 13.8 Å². The summed E-state index contributed by atoms with van der Waals surface area (Å²) < 4.78 is 26.3. The zero-order valence-corrected chi connectivity index (χ0v) is 17.5. The first-order valence-corrected chi connectivity index (χ1v) is 10.5. The molecule has 0 aliphatic rings. The van der Waals surface area contributed by atoms with E-state index in [0.29, 0.717) is 0 Å². The van der Waals surface area contributed by atoms with Gasteiger partial charge in [-0.25, -0.2) is 4.57 Å². The van der Waals surface area contributed by atoms with Crippen LogP contribution in [0.2, 0.25) is 0 Å². The fourth-order valence-corrected chi connectivity index (χ4v) is 3.53. The molecular formula is C17H26NO7PS. The molecule has 0 aliphatic carbocycles. The van der Waals surface area contributed by atoms with Crippen molar-refractivity contribution in [1.82, 2.24) is 5.32 Å². The van der Waals surface area contributed by atoms with Gasteiger partial charge in [0, 0.05) is 37.5 Å². The number of phosphoric ester groups is 1. The van der Waals surface area contributed by atoms with E-state index in [2.05, 4.69) is 14.4 Å². The molecule has 0 bridgehead atoms. The molecular weight excluding hydrogens is 393 g/mol. The lowest BCUT2D eigenvalue weighted by Crippen LogP contribution is -2.46. The Balaban J connectivity index is 2.43. The van der Waals surface area contributed by atoms with Gasteiger partial charge in [-0.05, 0) is 12.1 Å². The molecule has 0 saturated carbocycles. The van der Waals surface area contributed by atoms with Gasteiger partial charge in [-0.2, -0.15) is 0 Å². The predicted octanol–water partition coefficient (Wildman–Crippen LogP) is 2.62. The number of benzene rings is 1. The van der Waals surface area contributed by atoms with Crippen LogP contribution in [0.3, 0.4) is 0 Å². The molecule has 0 aliphatic heterocycles. The maximum Gasteiger partial charge on any atom is 0.474 e. The minimum atomic E-state index is -3.71. The fourth-order valence-electron chi connectivity index (χ4n) is 1.91. The third kappa shape index (κ3) is 8.13. The highest BCUT2D eigenvalue weighted by molar-refractivity contribution is 8.13. The van der Waals surface area contributed by atoms with Crippen molar-refractivity contribution >= 4 is 30.6 Å². The van der Waals surface area contributed by atoms with Gasteiger partial charge in [-0.3, -0.25) is 23.2 Å². The normalized spacial score (nSPS) is 13.2. The van der Waals surface area contributed by atoms with Crippen molar-refractivity contribution in [2.45, 2.75) is 31.3 Å². The van der Waals surface area contributed by atoms with Crippen LogP contribution in [-0.4, -0.2) is 49.6 Å². The second-order valence-corrected chi connectivity index (χ2v) is 9.32. The first kappa shape index (κ1) is 23.8. The van der Waals surface area contributed by atoms with Crippen molar-refractivity contribution in [3.8, 4) is 0 Å². The van der Waals surface area contributed by atoms with Gasteiger partial charge in [-0.15, -0.1) is 0 Å². The second kappa shape index (κ2) is 10.9. The summed E-state index contributed by atoms with van der Waals surface area (Å²) in [6, 6.07) is 9.19. The van der Waals surface area contributed by atoms with E-state index in [9.17, 15) is 19.3 Å². The minimum absolute atomic E-state index is 0.0974. The molecule has 0 spiro atoms. The van der Waals surface area contributed by atoms with E-state index in [4.69, 9.17) is 4.52 Å². The monoisotopic (exact) mass is 419 g/mol. The van der Waals surface area contributed by atoms with Crippen LogP contribution >= 0.6 is 19.6 Å². The first-order chi connectivity index (χ1) is 12.6. The number of hydrogen-bond donors (Lipinski definition) is 2. The van der Waals surface area contributed by atoms with Gasteiger partial charge >= 0.3 is 7.82 Å². The number of carbonyl (C=O) groups excluding carboxylic acids is 2. The third-order valence-corrected chi connectivity index (χ3v) is 5.91. The van der Waals surface area contributed by atoms with E-state index < -0.39 is 25.2 Å². The number of phosphoric acid groups is 1. The molecule has 1 atom stereocenters. The molecule has 8 nitrogen and oxygen atoms in total. The summed E-state index contributed by atoms with van der Waals surface area (Å²) in [6.07, 6.45) is -1.31. The minimum Gasteiger partial charge on any atom is -0.383 e. The van der Waals surface area contributed by atoms with E-state index >= 15 is 0 Å². The molecule has 1 amide bonds. The maximum absolute atomic E-state index is 12.1. The van der Waals surface area contributed by atoms with Gasteiger partial charge in [0.2, 0.25) is 5.91 Å². The SMILES string of the molecule is COP(=O)(OC)OCC(C)(C)[C@@H](O)C(=O)NCCC(=O)Sc1ccccc1. The van der Waals surface area contributed by atoms with Crippen LogP contribution in [0.15, 0.2) is 35.2 Å². The summed E-state index contributed by atoms with van der Waals surface area (Å²) in [5.41, 5.74) is -1.06. The molecule has 10 heteroatoms. The molecule has 0 saturated heterocycles. The van der Waals surface area contributed by atoms with Gasteiger partial charge in [-0.1, -0.05) is 43.8 Å². The second-order valence-electron chi connectivity index (χ2n) is 6.31. The summed E-state index contributed by atoms with van der Waals surface area (Å²) >= 11 is 1.09. The Kier molecular flexibility index (Phi) is 9.66. The van der Waals surface area contributed by atoms with Crippen LogP contribution < -0.4 is 5.32 Å². The Hall–Kier alpha value is -1.22. The highest BCUT2D eigenvalue weighted by atomic mass is 32.2. The van der Waals surface area contributed by atoms with Crippen molar-refractivity contribution < 1.29 is 32.8 Å². The summed E-state index contributed by atoms with van der Waals surface area (Å²) in [6.45, 7) is 3.01. The lowest BCUT2D eigenvalue weighted by Gasteiger charge is -2.30. The van der Waals surface area contributed by atoms with Gasteiger partial charge in [0.05, 0.1) is 6.61 Å². The number of nitrogens with one attached hydrogen (secondary N) is 1. The van der Waals surface area contributed by atoms with E-state index in [1.807, 2.05) is 30.3 Å². The number of rotatable bonds is 11. The molecule has 2 N–H and O–H groups in total. The van der Waals surface area contributed by atoms with Crippen LogP contribution in [0, 0.1) is 5.41 Å². The van der Waals surface area contributed by atoms with Crippen molar-refractivity contribution in [1.29, 1.82) is 0 Å². The molecule has 27 heavy (non-hydrogen) atoms. The summed E-state index contributed by atoms with van der Waals surface area (Å²) in [5.74, 6) is -0.647. The average molecular weight is 419 g/mol. The van der Waals surface area contributed by atoms with Gasteiger partial charge < -0.3 is 10.4 Å². The standard InChI is InChI=1S/C17H26NO7PS/c1-17(2,12-25-26(22,23-3)24-4)15(20)16(21)18-11-10-14(19)27-13-8-6-5-7-9-13/h5-9,15,20H,10-12H2,1-4H3,(H,18,21)/t15-/m0/s1. The number of hydrogen-bond acceptors (Lipinski definition) is 8. The molecule has 152 valence electrons. The zero-order valence-electron chi connectivity index (χ0n) is 15.8. The van der Waals surface area contributed by atoms with E-state index in [0.717, 1.165) is 16.7 Å². The van der Waals surface area contributed by atoms with E-state index in [1.165, 1.54) is 14.2 Å². The summed E-state index contributed by atoms with van der Waals surface area (Å²) in [7, 11) is -1.36. The van der Waals surface area contributed by atoms with Crippen LogP contribution in [0.5, 0.6) is 0 Å². The Morgan fingerprint density at radius 1 is 1.22 bits per heavy atom. The largest absolute Gasteiger partial charge is 0.474 e. The first-order valence-electron chi connectivity index (χ1n) is 8.21. The quantitative estimate of drug-likeness (QED) is 0.416. The van der Waals surface area contributed by atoms with Gasteiger partial charge in [0.25, 0.3) is 0 Å². The average Bonchev–Trinajstić information content (AvgIpc) is 2.66. The molecule has 0 heterocycles. The highest BCUT2D eigenvalue weighted by Crippen LogP contribution is 2.48. The Bertz CT molecular complexity index is 661. The number of aliphatic hydroxyl groups excluding tert-OH is 1. The lowest BCUT2D eigenvalue weighted by atomic mass is 9.87. The van der Waals surface area contributed by atoms with Crippen molar-refractivity contribution in [3.63, 3.8) is 0 Å². The summed E-state index contributed by atoms with van der Waals surface area (Å²) in [5, 5.41) is 12.7. The van der Waals surface area contributed by atoms with Crippen LogP contribution in [0.4, 0.5) is 0 Å². The topological polar surface area (TPSA) is 111 Å². The molecule has 1 rings (SSSR count). The van der Waals surface area contributed by atoms with E-state index in [-0.39, 0.29) is 24.7 Å². The van der Waals surface area contributed by atoms with Crippen LogP contribution in [0.1, 0.15) is 20.3 Å². The van der Waals surface area contributed by atoms with Crippen molar-refractivity contribution in [2.24, 2.45) is 5.41 Å². The Labute approximate surface area is 163 Å². The number of carbonyl (C=O) groups is 2. The number of aliphatic hydroxyl groups is 1. The van der Waals surface area contributed by atoms with Gasteiger partial charge in [0.15, 0.2) is 5.12 Å². The number of thioether (sulfide) groups is 1. The van der Waals surface area contributed by atoms with Crippen molar-refractivity contribution in [3.05, 3.63) is 30.3 Å². The molecule has 1 aromatic rings. The summed E-state index contributed by atoms with van der Waals surface area (Å²) in [4.78, 5) is 24.9. The fraction of sp³-hybridized carbons (Fsp3) is 0.529. The number of amides is 1. The Morgan fingerprint density at radius 3 is 2.37 bits per heavy atom. The van der Waals surface area contributed by atoms with Crippen molar-refractivity contribution in [2.75, 3.05) is 27.4 Å². The predicted molar refractivity (Wildman–Crippen MR) is 102 cm³/mol. The Morgan fingerprint density at radius 2 is 1.81 bits per heavy atom. The van der Waals surface area contributed by atoms with Crippen LogP contribution in [0.25, 0.3) is 0 Å². The molecule has 0 aromatic heterocycles. The molecule has 1 aromatic carbocycles. The lowest BCUT2D eigenvalue weighted by molar-refractivity contribution is -0.137. The van der Waals surface area contributed by atoms with Crippen LogP contribution in [-0.2, 0) is 27.7 Å². The highest BCUT2D eigenvalue weighted by Gasteiger charge is 2.37. The smallest absolute Gasteiger partial charge is 0.383 e.